The Kier molecular flexibility index (Phi) is 6.28. The van der Waals surface area contributed by atoms with Gasteiger partial charge in [-0.15, -0.1) is 0 Å². The lowest BCUT2D eigenvalue weighted by Gasteiger charge is -2.33. The van der Waals surface area contributed by atoms with Gasteiger partial charge >= 0.3 is 0 Å². The topological polar surface area (TPSA) is 12.5 Å². The monoisotopic (exact) mass is 373 g/mol. The molecule has 1 fully saturated rings. The van der Waals surface area contributed by atoms with Crippen LogP contribution in [-0.2, 0) is 6.42 Å². The molecule has 1 atom stereocenters. The van der Waals surface area contributed by atoms with Crippen molar-refractivity contribution < 1.29 is 4.74 Å². The molecule has 3 aromatic carbocycles. The molecule has 0 spiro atoms. The fourth-order valence-corrected chi connectivity index (χ4v) is 4.37. The van der Waals surface area contributed by atoms with Crippen LogP contribution in [0.2, 0.25) is 0 Å². The summed E-state index contributed by atoms with van der Waals surface area (Å²) >= 11 is 0. The van der Waals surface area contributed by atoms with Crippen molar-refractivity contribution in [2.24, 2.45) is 11.8 Å². The molecule has 4 rings (SSSR count). The Morgan fingerprint density at radius 1 is 0.893 bits per heavy atom. The largest absolute Gasteiger partial charge is 0.493 e. The second-order valence-electron chi connectivity index (χ2n) is 8.33. The predicted molar refractivity (Wildman–Crippen MR) is 118 cm³/mol. The highest BCUT2D eigenvalue weighted by Gasteiger charge is 2.21. The molecule has 1 heterocycles. The van der Waals surface area contributed by atoms with Crippen molar-refractivity contribution in [2.75, 3.05) is 26.2 Å². The van der Waals surface area contributed by atoms with Gasteiger partial charge in [-0.1, -0.05) is 73.7 Å². The summed E-state index contributed by atoms with van der Waals surface area (Å²) in [6, 6.07) is 25.7. The Bertz CT molecular complexity index is 862. The number of hydrogen-bond acceptors (Lipinski definition) is 2. The van der Waals surface area contributed by atoms with Crippen LogP contribution in [0, 0.1) is 11.8 Å². The minimum absolute atomic E-state index is 0.532. The van der Waals surface area contributed by atoms with E-state index in [9.17, 15) is 0 Å². The Hall–Kier alpha value is -2.32. The van der Waals surface area contributed by atoms with Gasteiger partial charge in [0.15, 0.2) is 0 Å². The summed E-state index contributed by atoms with van der Waals surface area (Å²) in [4.78, 5) is 2.62. The van der Waals surface area contributed by atoms with Gasteiger partial charge in [0.1, 0.15) is 5.75 Å². The van der Waals surface area contributed by atoms with E-state index in [1.807, 2.05) is 0 Å². The zero-order valence-corrected chi connectivity index (χ0v) is 16.9. The van der Waals surface area contributed by atoms with E-state index in [2.05, 4.69) is 84.6 Å². The Balaban J connectivity index is 1.23. The lowest BCUT2D eigenvalue weighted by molar-refractivity contribution is 0.142. The van der Waals surface area contributed by atoms with Crippen molar-refractivity contribution in [3.63, 3.8) is 0 Å². The third-order valence-corrected chi connectivity index (χ3v) is 5.92. The zero-order chi connectivity index (χ0) is 19.2. The number of ether oxygens (including phenoxy) is 1. The molecular formula is C26H31NO. The van der Waals surface area contributed by atoms with Crippen LogP contribution in [0.5, 0.6) is 5.75 Å². The maximum Gasteiger partial charge on any atom is 0.127 e. The van der Waals surface area contributed by atoms with E-state index in [0.29, 0.717) is 5.92 Å². The van der Waals surface area contributed by atoms with E-state index in [1.54, 1.807) is 0 Å². The quantitative estimate of drug-likeness (QED) is 0.518. The van der Waals surface area contributed by atoms with Crippen molar-refractivity contribution in [3.05, 3.63) is 78.4 Å². The van der Waals surface area contributed by atoms with Crippen molar-refractivity contribution in [1.29, 1.82) is 0 Å². The predicted octanol–water partition coefficient (Wildman–Crippen LogP) is 5.81. The van der Waals surface area contributed by atoms with E-state index >= 15 is 0 Å². The third-order valence-electron chi connectivity index (χ3n) is 5.92. The van der Waals surface area contributed by atoms with Gasteiger partial charge in [0.05, 0.1) is 6.61 Å². The lowest BCUT2D eigenvalue weighted by Crippen LogP contribution is -2.38. The average molecular weight is 374 g/mol. The fourth-order valence-electron chi connectivity index (χ4n) is 4.37. The van der Waals surface area contributed by atoms with E-state index in [0.717, 1.165) is 24.8 Å². The van der Waals surface area contributed by atoms with Crippen LogP contribution in [0.4, 0.5) is 0 Å². The van der Waals surface area contributed by atoms with E-state index < -0.39 is 0 Å². The summed E-state index contributed by atoms with van der Waals surface area (Å²) < 4.78 is 6.20. The second kappa shape index (κ2) is 9.25. The molecule has 0 bridgehead atoms. The first-order valence-corrected chi connectivity index (χ1v) is 10.6. The molecule has 1 saturated heterocycles. The van der Waals surface area contributed by atoms with Crippen LogP contribution in [0.3, 0.4) is 0 Å². The number of hydrogen-bond donors (Lipinski definition) is 0. The Labute approximate surface area is 169 Å². The van der Waals surface area contributed by atoms with Crippen LogP contribution < -0.4 is 4.74 Å². The van der Waals surface area contributed by atoms with E-state index in [-0.39, 0.29) is 0 Å². The summed E-state index contributed by atoms with van der Waals surface area (Å²) in [6.45, 7) is 6.65. The van der Waals surface area contributed by atoms with Crippen LogP contribution in [0.25, 0.3) is 10.8 Å². The number of piperidine rings is 1. The smallest absolute Gasteiger partial charge is 0.127 e. The molecule has 0 saturated carbocycles. The number of likely N-dealkylation sites (tertiary alicyclic amines) is 1. The molecule has 2 nitrogen and oxygen atoms in total. The first-order chi connectivity index (χ1) is 13.8. The fraction of sp³-hybridized carbons (Fsp3) is 0.385. The van der Waals surface area contributed by atoms with Gasteiger partial charge in [-0.25, -0.2) is 0 Å². The summed E-state index contributed by atoms with van der Waals surface area (Å²) in [5, 5.41) is 2.45. The molecule has 1 unspecified atom stereocenters. The molecule has 0 radical (unpaired) electrons. The van der Waals surface area contributed by atoms with Gasteiger partial charge in [0, 0.05) is 17.8 Å². The normalized spacial score (nSPS) is 16.9. The van der Waals surface area contributed by atoms with Gasteiger partial charge in [0.25, 0.3) is 0 Å². The number of fused-ring (bicyclic) bond motifs is 1. The first-order valence-electron chi connectivity index (χ1n) is 10.6. The molecule has 3 aromatic rings. The van der Waals surface area contributed by atoms with Gasteiger partial charge < -0.3 is 9.64 Å². The maximum absolute atomic E-state index is 6.20. The highest BCUT2D eigenvalue weighted by Crippen LogP contribution is 2.26. The molecule has 2 heteroatoms. The van der Waals surface area contributed by atoms with Crippen LogP contribution in [0.1, 0.15) is 25.3 Å². The van der Waals surface area contributed by atoms with E-state index in [4.69, 9.17) is 4.74 Å². The van der Waals surface area contributed by atoms with Gasteiger partial charge in [0.2, 0.25) is 0 Å². The minimum atomic E-state index is 0.532. The molecule has 1 aliphatic heterocycles. The van der Waals surface area contributed by atoms with E-state index in [1.165, 1.54) is 48.7 Å². The molecule has 146 valence electrons. The molecule has 0 aliphatic carbocycles. The van der Waals surface area contributed by atoms with Crippen LogP contribution in [0.15, 0.2) is 72.8 Å². The number of benzene rings is 3. The minimum Gasteiger partial charge on any atom is -0.493 e. The van der Waals surface area contributed by atoms with Crippen LogP contribution >= 0.6 is 0 Å². The SMILES string of the molecule is CC(COc1cccc2ccccc12)CN1CCC(Cc2ccccc2)CC1. The molecule has 1 aliphatic rings. The van der Waals surface area contributed by atoms with Crippen LogP contribution in [-0.4, -0.2) is 31.1 Å². The van der Waals surface area contributed by atoms with Crippen molar-refractivity contribution in [2.45, 2.75) is 26.2 Å². The maximum atomic E-state index is 6.20. The van der Waals surface area contributed by atoms with Gasteiger partial charge in [-0.3, -0.25) is 0 Å². The molecule has 0 N–H and O–H groups in total. The lowest BCUT2D eigenvalue weighted by atomic mass is 9.90. The summed E-state index contributed by atoms with van der Waals surface area (Å²) in [5.74, 6) is 2.37. The van der Waals surface area contributed by atoms with Gasteiger partial charge in [-0.2, -0.15) is 0 Å². The van der Waals surface area contributed by atoms with Gasteiger partial charge in [-0.05, 0) is 55.3 Å². The van der Waals surface area contributed by atoms with Crippen molar-refractivity contribution in [3.8, 4) is 5.75 Å². The molecular weight excluding hydrogens is 342 g/mol. The van der Waals surface area contributed by atoms with Crippen molar-refractivity contribution in [1.82, 2.24) is 4.90 Å². The average Bonchev–Trinajstić information content (AvgIpc) is 2.74. The number of rotatable bonds is 7. The standard InChI is InChI=1S/C26H31NO/c1-21(20-28-26-13-7-11-24-10-5-6-12-25(24)26)19-27-16-14-23(15-17-27)18-22-8-3-2-4-9-22/h2-13,21,23H,14-20H2,1H3. The Morgan fingerprint density at radius 2 is 1.61 bits per heavy atom. The molecule has 28 heavy (non-hydrogen) atoms. The first kappa shape index (κ1) is 19.0. The summed E-state index contributed by atoms with van der Waals surface area (Å²) in [6.07, 6.45) is 3.85. The second-order valence-corrected chi connectivity index (χ2v) is 8.33. The van der Waals surface area contributed by atoms with Crippen molar-refractivity contribution >= 4 is 10.8 Å². The third kappa shape index (κ3) is 4.94. The highest BCUT2D eigenvalue weighted by molar-refractivity contribution is 5.88. The zero-order valence-electron chi connectivity index (χ0n) is 16.9. The molecule has 0 amide bonds. The molecule has 0 aromatic heterocycles. The summed E-state index contributed by atoms with van der Waals surface area (Å²) in [5.41, 5.74) is 1.48. The Morgan fingerprint density at radius 3 is 2.43 bits per heavy atom. The number of nitrogens with zero attached hydrogens (tertiary/aromatic N) is 1. The highest BCUT2D eigenvalue weighted by atomic mass is 16.5. The summed E-state index contributed by atoms with van der Waals surface area (Å²) in [7, 11) is 0.